The van der Waals surface area contributed by atoms with Crippen molar-refractivity contribution in [2.45, 2.75) is 25.5 Å². The van der Waals surface area contributed by atoms with Crippen LogP contribution in [0.2, 0.25) is 5.02 Å². The highest BCUT2D eigenvalue weighted by Gasteiger charge is 2.31. The fourth-order valence-corrected chi connectivity index (χ4v) is 3.11. The summed E-state index contributed by atoms with van der Waals surface area (Å²) in [6.45, 7) is 1.40. The van der Waals surface area contributed by atoms with Gasteiger partial charge in [-0.25, -0.2) is 4.79 Å². The van der Waals surface area contributed by atoms with E-state index >= 15 is 0 Å². The topological polar surface area (TPSA) is 90.5 Å². The summed E-state index contributed by atoms with van der Waals surface area (Å²) in [6, 6.07) is 11.4. The molecule has 6 nitrogen and oxygen atoms in total. The maximum atomic E-state index is 12.3. The Kier molecular flexibility index (Phi) is 4.92. The maximum Gasteiger partial charge on any atom is 0.319 e. The average molecular weight is 360 g/mol. The van der Waals surface area contributed by atoms with Crippen LogP contribution in [-0.2, 0) is 11.2 Å². The smallest absolute Gasteiger partial charge is 0.319 e. The summed E-state index contributed by atoms with van der Waals surface area (Å²) < 4.78 is 0. The molecule has 0 saturated heterocycles. The van der Waals surface area contributed by atoms with Gasteiger partial charge in [-0.1, -0.05) is 35.9 Å². The van der Waals surface area contributed by atoms with Crippen LogP contribution in [-0.4, -0.2) is 23.1 Å². The molecule has 1 aliphatic rings. The number of rotatable bonds is 3. The molecule has 0 radical (unpaired) electrons. The molecule has 2 aromatic rings. The van der Waals surface area contributed by atoms with Crippen molar-refractivity contribution in [3.05, 3.63) is 58.6 Å². The molecule has 3 amide bonds. The van der Waals surface area contributed by atoms with Crippen molar-refractivity contribution in [1.82, 2.24) is 5.32 Å². The van der Waals surface area contributed by atoms with Crippen LogP contribution < -0.4 is 16.0 Å². The molecule has 25 heavy (non-hydrogen) atoms. The number of halogens is 1. The van der Waals surface area contributed by atoms with Gasteiger partial charge in [-0.3, -0.25) is 4.79 Å². The molecule has 0 unspecified atom stereocenters. The van der Waals surface area contributed by atoms with Crippen LogP contribution in [0.1, 0.15) is 24.1 Å². The van der Waals surface area contributed by atoms with Crippen molar-refractivity contribution < 1.29 is 14.7 Å². The van der Waals surface area contributed by atoms with Crippen LogP contribution in [0.4, 0.5) is 16.2 Å². The number of amides is 3. The van der Waals surface area contributed by atoms with Crippen LogP contribution in [0, 0.1) is 0 Å². The van der Waals surface area contributed by atoms with E-state index in [1.165, 1.54) is 6.92 Å². The number of urea groups is 1. The molecule has 1 aliphatic carbocycles. The number of carbonyl (C=O) groups is 2. The van der Waals surface area contributed by atoms with Crippen molar-refractivity contribution in [2.24, 2.45) is 0 Å². The maximum absolute atomic E-state index is 12.3. The minimum absolute atomic E-state index is 0.219. The second kappa shape index (κ2) is 7.13. The number of aliphatic hydroxyl groups excluding tert-OH is 1. The summed E-state index contributed by atoms with van der Waals surface area (Å²) in [5, 5.41) is 18.6. The van der Waals surface area contributed by atoms with Gasteiger partial charge in [0.2, 0.25) is 5.91 Å². The second-order valence-electron chi connectivity index (χ2n) is 5.92. The third kappa shape index (κ3) is 3.92. The Balaban J connectivity index is 1.72. The molecule has 0 aromatic heterocycles. The Labute approximate surface area is 150 Å². The SMILES string of the molecule is CC(=O)Nc1ccc(Cl)c(NC(=O)N[C@@H]2c3ccccc3C[C@@H]2O)c1. The molecule has 3 rings (SSSR count). The molecule has 0 fully saturated rings. The highest BCUT2D eigenvalue weighted by molar-refractivity contribution is 6.33. The van der Waals surface area contributed by atoms with Crippen molar-refractivity contribution in [1.29, 1.82) is 0 Å². The lowest BCUT2D eigenvalue weighted by Gasteiger charge is -2.19. The second-order valence-corrected chi connectivity index (χ2v) is 6.33. The zero-order chi connectivity index (χ0) is 18.0. The molecule has 0 heterocycles. The molecule has 130 valence electrons. The van der Waals surface area contributed by atoms with E-state index in [1.54, 1.807) is 18.2 Å². The third-order valence-electron chi connectivity index (χ3n) is 4.03. The van der Waals surface area contributed by atoms with Gasteiger partial charge in [0, 0.05) is 19.0 Å². The quantitative estimate of drug-likeness (QED) is 0.678. The van der Waals surface area contributed by atoms with Crippen LogP contribution in [0.15, 0.2) is 42.5 Å². The highest BCUT2D eigenvalue weighted by atomic mass is 35.5. The number of carbonyl (C=O) groups excluding carboxylic acids is 2. The molecular formula is C18H18ClN3O3. The van der Waals surface area contributed by atoms with E-state index in [9.17, 15) is 14.7 Å². The van der Waals surface area contributed by atoms with Crippen molar-refractivity contribution in [3.8, 4) is 0 Å². The number of hydrogen-bond donors (Lipinski definition) is 4. The first kappa shape index (κ1) is 17.3. The molecule has 0 saturated carbocycles. The molecule has 0 spiro atoms. The number of nitrogens with one attached hydrogen (secondary N) is 3. The normalized spacial score (nSPS) is 18.4. The molecule has 2 aromatic carbocycles. The van der Waals surface area contributed by atoms with Crippen molar-refractivity contribution in [3.63, 3.8) is 0 Å². The zero-order valence-corrected chi connectivity index (χ0v) is 14.3. The summed E-state index contributed by atoms with van der Waals surface area (Å²) in [5.74, 6) is -0.219. The Morgan fingerprint density at radius 3 is 2.68 bits per heavy atom. The molecule has 0 aliphatic heterocycles. The first-order chi connectivity index (χ1) is 11.9. The largest absolute Gasteiger partial charge is 0.390 e. The van der Waals surface area contributed by atoms with Gasteiger partial charge in [-0.05, 0) is 29.3 Å². The van der Waals surface area contributed by atoms with E-state index < -0.39 is 18.2 Å². The minimum atomic E-state index is -0.677. The van der Waals surface area contributed by atoms with Crippen molar-refractivity contribution in [2.75, 3.05) is 10.6 Å². The first-order valence-electron chi connectivity index (χ1n) is 7.84. The fourth-order valence-electron chi connectivity index (χ4n) is 2.95. The lowest BCUT2D eigenvalue weighted by atomic mass is 10.1. The van der Waals surface area contributed by atoms with Gasteiger partial charge in [0.25, 0.3) is 0 Å². The summed E-state index contributed by atoms with van der Waals surface area (Å²) in [6.07, 6.45) is -0.177. The highest BCUT2D eigenvalue weighted by Crippen LogP contribution is 2.31. The Morgan fingerprint density at radius 2 is 1.92 bits per heavy atom. The third-order valence-corrected chi connectivity index (χ3v) is 4.36. The van der Waals surface area contributed by atoms with Gasteiger partial charge in [0.1, 0.15) is 0 Å². The van der Waals surface area contributed by atoms with Gasteiger partial charge in [0.05, 0.1) is 22.9 Å². The van der Waals surface area contributed by atoms with Gasteiger partial charge in [0.15, 0.2) is 0 Å². The molecule has 0 bridgehead atoms. The lowest BCUT2D eigenvalue weighted by molar-refractivity contribution is -0.114. The Morgan fingerprint density at radius 1 is 1.16 bits per heavy atom. The molecule has 4 N–H and O–H groups in total. The van der Waals surface area contributed by atoms with Gasteiger partial charge in [-0.15, -0.1) is 0 Å². The zero-order valence-electron chi connectivity index (χ0n) is 13.5. The number of anilines is 2. The summed E-state index contributed by atoms with van der Waals surface area (Å²) in [4.78, 5) is 23.5. The minimum Gasteiger partial charge on any atom is -0.390 e. The van der Waals surface area contributed by atoms with Gasteiger partial charge < -0.3 is 21.1 Å². The van der Waals surface area contributed by atoms with E-state index in [4.69, 9.17) is 11.6 Å². The van der Waals surface area contributed by atoms with Crippen molar-refractivity contribution >= 4 is 34.9 Å². The van der Waals surface area contributed by atoms with E-state index in [0.717, 1.165) is 11.1 Å². The number of benzene rings is 2. The molecule has 7 heteroatoms. The summed E-state index contributed by atoms with van der Waals surface area (Å²) in [5.41, 5.74) is 2.82. The van der Waals surface area contributed by atoms with E-state index in [2.05, 4.69) is 16.0 Å². The Hall–Kier alpha value is -2.57. The van der Waals surface area contributed by atoms with Crippen LogP contribution >= 0.6 is 11.6 Å². The lowest BCUT2D eigenvalue weighted by Crippen LogP contribution is -2.36. The Bertz CT molecular complexity index is 825. The van der Waals surface area contributed by atoms with E-state index in [-0.39, 0.29) is 5.91 Å². The van der Waals surface area contributed by atoms with Gasteiger partial charge in [-0.2, -0.15) is 0 Å². The molecule has 2 atom stereocenters. The van der Waals surface area contributed by atoms with Crippen LogP contribution in [0.3, 0.4) is 0 Å². The predicted molar refractivity (Wildman–Crippen MR) is 96.8 cm³/mol. The van der Waals surface area contributed by atoms with E-state index in [1.807, 2.05) is 24.3 Å². The summed E-state index contributed by atoms with van der Waals surface area (Å²) >= 11 is 6.10. The standard InChI is InChI=1S/C18H18ClN3O3/c1-10(23)20-12-6-7-14(19)15(9-12)21-18(25)22-17-13-5-3-2-4-11(13)8-16(17)24/h2-7,9,16-17,24H,8H2,1H3,(H,20,23)(H2,21,22,25)/t16-,17+/m0/s1. The van der Waals surface area contributed by atoms with Crippen LogP contribution in [0.25, 0.3) is 0 Å². The average Bonchev–Trinajstić information content (AvgIpc) is 2.86. The van der Waals surface area contributed by atoms with E-state index in [0.29, 0.717) is 22.8 Å². The summed E-state index contributed by atoms with van der Waals surface area (Å²) in [7, 11) is 0. The van der Waals surface area contributed by atoms with Crippen LogP contribution in [0.5, 0.6) is 0 Å². The number of fused-ring (bicyclic) bond motifs is 1. The number of aliphatic hydroxyl groups is 1. The predicted octanol–water partition coefficient (Wildman–Crippen LogP) is 3.08. The number of hydrogen-bond acceptors (Lipinski definition) is 3. The van der Waals surface area contributed by atoms with Gasteiger partial charge >= 0.3 is 6.03 Å². The monoisotopic (exact) mass is 359 g/mol. The molecular weight excluding hydrogens is 342 g/mol. The first-order valence-corrected chi connectivity index (χ1v) is 8.22. The fraction of sp³-hybridized carbons (Fsp3) is 0.222.